The van der Waals surface area contributed by atoms with Crippen LogP contribution in [0.2, 0.25) is 0 Å². The molecule has 4 nitrogen and oxygen atoms in total. The second-order valence-corrected chi connectivity index (χ2v) is 7.39. The Morgan fingerprint density at radius 3 is 2.57 bits per heavy atom. The summed E-state index contributed by atoms with van der Waals surface area (Å²) in [6.07, 6.45) is 0. The maximum absolute atomic E-state index is 12.9. The third kappa shape index (κ3) is 4.18. The number of aryl methyl sites for hydroxylation is 1. The Morgan fingerprint density at radius 1 is 1.07 bits per heavy atom. The van der Waals surface area contributed by atoms with Crippen molar-refractivity contribution in [3.05, 3.63) is 78.1 Å². The van der Waals surface area contributed by atoms with Gasteiger partial charge in [0, 0.05) is 11.3 Å². The van der Waals surface area contributed by atoms with Crippen molar-refractivity contribution in [3.63, 3.8) is 0 Å². The second kappa shape index (κ2) is 7.78. The van der Waals surface area contributed by atoms with E-state index >= 15 is 0 Å². The molecule has 1 N–H and O–H groups in total. The average molecular weight is 392 g/mol. The smallest absolute Gasteiger partial charge is 0.262 e. The molecule has 0 unspecified atom stereocenters. The lowest BCUT2D eigenvalue weighted by molar-refractivity contribution is -0.118. The van der Waals surface area contributed by atoms with E-state index in [-0.39, 0.29) is 18.3 Å². The van der Waals surface area contributed by atoms with Gasteiger partial charge in [-0.25, -0.2) is 9.37 Å². The summed E-state index contributed by atoms with van der Waals surface area (Å²) in [7, 11) is 0. The number of halogens is 1. The summed E-state index contributed by atoms with van der Waals surface area (Å²) in [6, 6.07) is 19.3. The first kappa shape index (κ1) is 18.1. The van der Waals surface area contributed by atoms with Gasteiger partial charge < -0.3 is 10.1 Å². The molecule has 3 aromatic carbocycles. The van der Waals surface area contributed by atoms with Crippen LogP contribution in [-0.2, 0) is 4.79 Å². The molecule has 4 rings (SSSR count). The van der Waals surface area contributed by atoms with Crippen LogP contribution in [0.3, 0.4) is 0 Å². The molecule has 0 spiro atoms. The van der Waals surface area contributed by atoms with Gasteiger partial charge in [-0.15, -0.1) is 11.3 Å². The van der Waals surface area contributed by atoms with E-state index in [0.717, 1.165) is 20.8 Å². The Balaban J connectivity index is 1.39. The van der Waals surface area contributed by atoms with Gasteiger partial charge in [0.25, 0.3) is 5.91 Å². The van der Waals surface area contributed by atoms with Crippen molar-refractivity contribution in [2.75, 3.05) is 11.9 Å². The summed E-state index contributed by atoms with van der Waals surface area (Å²) < 4.78 is 19.4. The number of hydrogen-bond donors (Lipinski definition) is 1. The third-order valence-electron chi connectivity index (χ3n) is 4.14. The molecule has 140 valence electrons. The van der Waals surface area contributed by atoms with Crippen molar-refractivity contribution in [2.24, 2.45) is 0 Å². The standard InChI is InChI=1S/C22H17FN2O2S/c1-14-2-11-19-20(12-14)28-22(25-19)15-3-7-17(8-4-15)24-21(26)13-27-18-9-5-16(23)6-10-18/h2-12H,13H2,1H3,(H,24,26). The van der Waals surface area contributed by atoms with Crippen LogP contribution in [0.4, 0.5) is 10.1 Å². The number of nitrogens with zero attached hydrogens (tertiary/aromatic N) is 1. The number of carbonyl (C=O) groups is 1. The van der Waals surface area contributed by atoms with Crippen molar-refractivity contribution in [2.45, 2.75) is 6.92 Å². The van der Waals surface area contributed by atoms with E-state index in [1.165, 1.54) is 29.8 Å². The van der Waals surface area contributed by atoms with E-state index in [0.29, 0.717) is 11.4 Å². The fraction of sp³-hybridized carbons (Fsp3) is 0.0909. The van der Waals surface area contributed by atoms with Gasteiger partial charge in [-0.3, -0.25) is 4.79 Å². The number of anilines is 1. The van der Waals surface area contributed by atoms with E-state index in [9.17, 15) is 9.18 Å². The summed E-state index contributed by atoms with van der Waals surface area (Å²) in [4.78, 5) is 16.7. The van der Waals surface area contributed by atoms with Crippen molar-refractivity contribution in [1.82, 2.24) is 4.98 Å². The van der Waals surface area contributed by atoms with E-state index in [4.69, 9.17) is 4.74 Å². The second-order valence-electron chi connectivity index (χ2n) is 6.36. The lowest BCUT2D eigenvalue weighted by Crippen LogP contribution is -2.20. The zero-order chi connectivity index (χ0) is 19.5. The minimum Gasteiger partial charge on any atom is -0.484 e. The highest BCUT2D eigenvalue weighted by Crippen LogP contribution is 2.31. The van der Waals surface area contributed by atoms with Gasteiger partial charge in [-0.05, 0) is 73.2 Å². The van der Waals surface area contributed by atoms with Crippen molar-refractivity contribution >= 4 is 33.1 Å². The van der Waals surface area contributed by atoms with Gasteiger partial charge in [0.2, 0.25) is 0 Å². The van der Waals surface area contributed by atoms with Crippen molar-refractivity contribution < 1.29 is 13.9 Å². The number of ether oxygens (including phenoxy) is 1. The molecule has 0 aliphatic heterocycles. The lowest BCUT2D eigenvalue weighted by atomic mass is 10.2. The Labute approximate surface area is 165 Å². The fourth-order valence-corrected chi connectivity index (χ4v) is 3.80. The Kier molecular flexibility index (Phi) is 5.04. The summed E-state index contributed by atoms with van der Waals surface area (Å²) >= 11 is 1.65. The van der Waals surface area contributed by atoms with Crippen LogP contribution in [0.1, 0.15) is 5.56 Å². The highest BCUT2D eigenvalue weighted by molar-refractivity contribution is 7.21. The number of hydrogen-bond acceptors (Lipinski definition) is 4. The largest absolute Gasteiger partial charge is 0.484 e. The molecule has 0 radical (unpaired) electrons. The topological polar surface area (TPSA) is 51.2 Å². The number of rotatable bonds is 5. The molecular formula is C22H17FN2O2S. The number of carbonyl (C=O) groups excluding carboxylic acids is 1. The molecule has 0 saturated carbocycles. The number of nitrogens with one attached hydrogen (secondary N) is 1. The number of fused-ring (bicyclic) bond motifs is 1. The molecule has 6 heteroatoms. The summed E-state index contributed by atoms with van der Waals surface area (Å²) in [6.45, 7) is 1.92. The fourth-order valence-electron chi connectivity index (χ4n) is 2.73. The van der Waals surface area contributed by atoms with Crippen LogP contribution in [0.5, 0.6) is 5.75 Å². The number of benzene rings is 3. The first-order valence-electron chi connectivity index (χ1n) is 8.73. The van der Waals surface area contributed by atoms with E-state index < -0.39 is 0 Å². The van der Waals surface area contributed by atoms with Crippen LogP contribution >= 0.6 is 11.3 Å². The number of amides is 1. The molecule has 0 aliphatic carbocycles. The lowest BCUT2D eigenvalue weighted by Gasteiger charge is -2.08. The maximum atomic E-state index is 12.9. The summed E-state index contributed by atoms with van der Waals surface area (Å²) in [5.41, 5.74) is 3.87. The molecule has 0 atom stereocenters. The highest BCUT2D eigenvalue weighted by atomic mass is 32.1. The van der Waals surface area contributed by atoms with Gasteiger partial charge in [0.15, 0.2) is 6.61 Å². The van der Waals surface area contributed by atoms with Gasteiger partial charge in [-0.2, -0.15) is 0 Å². The third-order valence-corrected chi connectivity index (χ3v) is 5.21. The van der Waals surface area contributed by atoms with Crippen molar-refractivity contribution in [3.8, 4) is 16.3 Å². The van der Waals surface area contributed by atoms with E-state index in [1.807, 2.05) is 30.3 Å². The molecular weight excluding hydrogens is 375 g/mol. The van der Waals surface area contributed by atoms with Gasteiger partial charge >= 0.3 is 0 Å². The first-order chi connectivity index (χ1) is 13.6. The molecule has 4 aromatic rings. The minimum absolute atomic E-state index is 0.148. The molecule has 0 saturated heterocycles. The van der Waals surface area contributed by atoms with E-state index in [2.05, 4.69) is 29.4 Å². The first-order valence-corrected chi connectivity index (χ1v) is 9.54. The van der Waals surface area contributed by atoms with E-state index in [1.54, 1.807) is 11.3 Å². The van der Waals surface area contributed by atoms with Crippen LogP contribution in [0.25, 0.3) is 20.8 Å². The Morgan fingerprint density at radius 2 is 1.82 bits per heavy atom. The molecule has 1 aromatic heterocycles. The van der Waals surface area contributed by atoms with Crippen LogP contribution in [0, 0.1) is 12.7 Å². The Bertz CT molecular complexity index is 1120. The number of thiazole rings is 1. The van der Waals surface area contributed by atoms with Crippen LogP contribution in [0.15, 0.2) is 66.7 Å². The normalized spacial score (nSPS) is 10.8. The zero-order valence-electron chi connectivity index (χ0n) is 15.1. The summed E-state index contributed by atoms with van der Waals surface area (Å²) in [5.74, 6) is -0.189. The Hall–Kier alpha value is -3.25. The van der Waals surface area contributed by atoms with Gasteiger partial charge in [0.05, 0.1) is 10.2 Å². The maximum Gasteiger partial charge on any atom is 0.262 e. The van der Waals surface area contributed by atoms with Crippen LogP contribution in [-0.4, -0.2) is 17.5 Å². The zero-order valence-corrected chi connectivity index (χ0v) is 15.9. The molecule has 28 heavy (non-hydrogen) atoms. The molecule has 0 fully saturated rings. The average Bonchev–Trinajstić information content (AvgIpc) is 3.11. The highest BCUT2D eigenvalue weighted by Gasteiger charge is 2.08. The molecule has 1 heterocycles. The monoisotopic (exact) mass is 392 g/mol. The predicted octanol–water partition coefficient (Wildman–Crippen LogP) is 5.43. The SMILES string of the molecule is Cc1ccc2nc(-c3ccc(NC(=O)COc4ccc(F)cc4)cc3)sc2c1. The quantitative estimate of drug-likeness (QED) is 0.493. The van der Waals surface area contributed by atoms with Crippen molar-refractivity contribution in [1.29, 1.82) is 0 Å². The van der Waals surface area contributed by atoms with Gasteiger partial charge in [0.1, 0.15) is 16.6 Å². The van der Waals surface area contributed by atoms with Gasteiger partial charge in [-0.1, -0.05) is 6.07 Å². The summed E-state index contributed by atoms with van der Waals surface area (Å²) in [5, 5.41) is 3.72. The van der Waals surface area contributed by atoms with Crippen LogP contribution < -0.4 is 10.1 Å². The predicted molar refractivity (Wildman–Crippen MR) is 110 cm³/mol. The number of aromatic nitrogens is 1. The molecule has 0 aliphatic rings. The minimum atomic E-state index is -0.347. The molecule has 1 amide bonds. The molecule has 0 bridgehead atoms.